The minimum absolute atomic E-state index is 0. The van der Waals surface area contributed by atoms with Crippen LogP contribution in [0, 0.1) is 0 Å². The number of aliphatic hydroxyl groups excluding tert-OH is 1. The van der Waals surface area contributed by atoms with E-state index >= 15 is 0 Å². The van der Waals surface area contributed by atoms with Gasteiger partial charge in [0.2, 0.25) is 0 Å². The molecule has 0 saturated carbocycles. The third kappa shape index (κ3) is 15.3. The Morgan fingerprint density at radius 2 is 1.57 bits per heavy atom. The summed E-state index contributed by atoms with van der Waals surface area (Å²) in [5.74, 6) is -0.521. The van der Waals surface area contributed by atoms with Crippen molar-refractivity contribution in [2.24, 2.45) is 0 Å². The van der Waals surface area contributed by atoms with E-state index in [1.165, 1.54) is 0 Å². The van der Waals surface area contributed by atoms with Gasteiger partial charge in [0.15, 0.2) is 0 Å². The Morgan fingerprint density at radius 3 is 2.00 bits per heavy atom. The molecule has 0 fully saturated rings. The summed E-state index contributed by atoms with van der Waals surface area (Å²) in [7, 11) is -4.18. The molecule has 0 rings (SSSR count). The first-order valence-corrected chi connectivity index (χ1v) is 5.34. The predicted octanol–water partition coefficient (Wildman–Crippen LogP) is -4.44. The molecule has 0 aromatic rings. The topological polar surface area (TPSA) is 95.9 Å². The Morgan fingerprint density at radius 1 is 1.07 bits per heavy atom. The summed E-state index contributed by atoms with van der Waals surface area (Å²) >= 11 is 0. The van der Waals surface area contributed by atoms with Crippen LogP contribution in [0.1, 0.15) is 0 Å². The minimum atomic E-state index is -4.18. The van der Waals surface area contributed by atoms with Crippen LogP contribution in [-0.2, 0) is 19.6 Å². The van der Waals surface area contributed by atoms with Gasteiger partial charge in [0.05, 0.1) is 48.9 Å². The average molecular weight is 236 g/mol. The maximum absolute atomic E-state index is 10.1. The van der Waals surface area contributed by atoms with E-state index in [9.17, 15) is 13.0 Å². The standard InChI is InChI=1S/C6H14O6S.Na/c7-1-2-11-3-4-12-5-6-13(8,9)10;/h7H,1-6H2,(H,8,9,10);/q;+1/p-1. The summed E-state index contributed by atoms with van der Waals surface area (Å²) in [5, 5.41) is 8.29. The van der Waals surface area contributed by atoms with E-state index in [0.29, 0.717) is 0 Å². The molecule has 0 spiro atoms. The van der Waals surface area contributed by atoms with Crippen molar-refractivity contribution in [3.05, 3.63) is 0 Å². The first-order valence-electron chi connectivity index (χ1n) is 3.76. The van der Waals surface area contributed by atoms with Gasteiger partial charge < -0.3 is 19.1 Å². The third-order valence-corrected chi connectivity index (χ3v) is 1.75. The molecule has 0 aliphatic carbocycles. The molecule has 0 saturated heterocycles. The van der Waals surface area contributed by atoms with Crippen molar-refractivity contribution < 1.29 is 57.1 Å². The molecule has 0 amide bonds. The molecular formula is C6H13NaO6S. The van der Waals surface area contributed by atoms with Gasteiger partial charge in [-0.1, -0.05) is 0 Å². The van der Waals surface area contributed by atoms with Crippen LogP contribution in [0.25, 0.3) is 0 Å². The van der Waals surface area contributed by atoms with Gasteiger partial charge in [-0.05, 0) is 0 Å². The molecule has 0 unspecified atom stereocenters. The van der Waals surface area contributed by atoms with Gasteiger partial charge in [-0.15, -0.1) is 0 Å². The van der Waals surface area contributed by atoms with Gasteiger partial charge >= 0.3 is 29.6 Å². The minimum Gasteiger partial charge on any atom is -0.748 e. The van der Waals surface area contributed by atoms with Crippen LogP contribution in [0.2, 0.25) is 0 Å². The van der Waals surface area contributed by atoms with Gasteiger partial charge in [-0.3, -0.25) is 0 Å². The molecule has 0 atom stereocenters. The summed E-state index contributed by atoms with van der Waals surface area (Å²) in [6.07, 6.45) is 0. The first-order chi connectivity index (χ1) is 6.06. The Labute approximate surface area is 106 Å². The van der Waals surface area contributed by atoms with E-state index in [-0.39, 0.29) is 62.6 Å². The van der Waals surface area contributed by atoms with Crippen LogP contribution >= 0.6 is 0 Å². The van der Waals surface area contributed by atoms with E-state index in [4.69, 9.17) is 14.6 Å². The molecule has 14 heavy (non-hydrogen) atoms. The molecule has 0 radical (unpaired) electrons. The Balaban J connectivity index is 0. The second-order valence-electron chi connectivity index (χ2n) is 2.21. The number of hydrogen-bond donors (Lipinski definition) is 1. The first kappa shape index (κ1) is 17.2. The smallest absolute Gasteiger partial charge is 0.748 e. The molecular weight excluding hydrogens is 223 g/mol. The van der Waals surface area contributed by atoms with Crippen LogP contribution < -0.4 is 29.6 Å². The number of ether oxygens (including phenoxy) is 2. The zero-order valence-corrected chi connectivity index (χ0v) is 11.0. The van der Waals surface area contributed by atoms with Crippen molar-refractivity contribution in [3.63, 3.8) is 0 Å². The van der Waals surface area contributed by atoms with Gasteiger partial charge in [-0.25, -0.2) is 8.42 Å². The van der Waals surface area contributed by atoms with Crippen molar-refractivity contribution in [2.45, 2.75) is 0 Å². The molecule has 0 aromatic carbocycles. The molecule has 0 aliphatic rings. The maximum Gasteiger partial charge on any atom is 1.00 e. The van der Waals surface area contributed by atoms with Crippen molar-refractivity contribution >= 4 is 10.1 Å². The van der Waals surface area contributed by atoms with Crippen molar-refractivity contribution in [1.29, 1.82) is 0 Å². The summed E-state index contributed by atoms with van der Waals surface area (Å²) in [4.78, 5) is 0. The average Bonchev–Trinajstić information content (AvgIpc) is 2.01. The van der Waals surface area contributed by atoms with Gasteiger partial charge in [0.1, 0.15) is 0 Å². The summed E-state index contributed by atoms with van der Waals surface area (Å²) < 4.78 is 39.8. The Kier molecular flexibility index (Phi) is 12.7. The molecule has 80 valence electrons. The third-order valence-electron chi connectivity index (χ3n) is 1.09. The molecule has 8 heteroatoms. The van der Waals surface area contributed by atoms with Crippen molar-refractivity contribution in [3.8, 4) is 0 Å². The van der Waals surface area contributed by atoms with Crippen LogP contribution in [0.4, 0.5) is 0 Å². The zero-order valence-electron chi connectivity index (χ0n) is 8.14. The van der Waals surface area contributed by atoms with Gasteiger partial charge in [0.25, 0.3) is 0 Å². The predicted molar refractivity (Wildman–Crippen MR) is 43.3 cm³/mol. The largest absolute Gasteiger partial charge is 1.00 e. The molecule has 0 aliphatic heterocycles. The molecule has 1 N–H and O–H groups in total. The van der Waals surface area contributed by atoms with E-state index in [2.05, 4.69) is 0 Å². The van der Waals surface area contributed by atoms with Crippen LogP contribution in [0.15, 0.2) is 0 Å². The molecule has 6 nitrogen and oxygen atoms in total. The molecule has 0 bridgehead atoms. The van der Waals surface area contributed by atoms with Crippen LogP contribution in [0.3, 0.4) is 0 Å². The fraction of sp³-hybridized carbons (Fsp3) is 1.00. The number of rotatable bonds is 8. The Bertz CT molecular complexity index is 204. The van der Waals surface area contributed by atoms with Gasteiger partial charge in [-0.2, -0.15) is 0 Å². The molecule has 0 heterocycles. The fourth-order valence-corrected chi connectivity index (χ4v) is 0.869. The normalized spacial score (nSPS) is 11.0. The second kappa shape index (κ2) is 10.3. The van der Waals surface area contributed by atoms with E-state index in [1.54, 1.807) is 0 Å². The van der Waals surface area contributed by atoms with Crippen LogP contribution in [0.5, 0.6) is 0 Å². The van der Waals surface area contributed by atoms with Gasteiger partial charge in [0, 0.05) is 0 Å². The summed E-state index contributed by atoms with van der Waals surface area (Å²) in [5.41, 5.74) is 0. The van der Waals surface area contributed by atoms with Crippen LogP contribution in [-0.4, -0.2) is 56.9 Å². The summed E-state index contributed by atoms with van der Waals surface area (Å²) in [6, 6.07) is 0. The van der Waals surface area contributed by atoms with E-state index in [0.717, 1.165) is 0 Å². The second-order valence-corrected chi connectivity index (χ2v) is 3.73. The Hall–Kier alpha value is 0.790. The quantitative estimate of drug-likeness (QED) is 0.259. The number of hydrogen-bond acceptors (Lipinski definition) is 6. The SMILES string of the molecule is O=S(=O)([O-])CCOCCOCCO.[Na+]. The fourth-order valence-electron chi connectivity index (χ4n) is 0.548. The maximum atomic E-state index is 10.1. The van der Waals surface area contributed by atoms with Crippen molar-refractivity contribution in [2.75, 3.05) is 38.8 Å². The zero-order chi connectivity index (χ0) is 10.2. The van der Waals surface area contributed by atoms with Crippen molar-refractivity contribution in [1.82, 2.24) is 0 Å². The number of aliphatic hydroxyl groups is 1. The monoisotopic (exact) mass is 236 g/mol. The van der Waals surface area contributed by atoms with E-state index < -0.39 is 15.9 Å². The molecule has 0 aromatic heterocycles. The summed E-state index contributed by atoms with van der Waals surface area (Å²) in [6.45, 7) is 0.543. The van der Waals surface area contributed by atoms with E-state index in [1.807, 2.05) is 0 Å².